The minimum absolute atomic E-state index is 0.148. The molecule has 1 aliphatic rings. The molecule has 0 aromatic carbocycles. The molecule has 1 heterocycles. The van der Waals surface area contributed by atoms with Gasteiger partial charge in [-0.15, -0.1) is 0 Å². The summed E-state index contributed by atoms with van der Waals surface area (Å²) in [4.78, 5) is 18.2. The summed E-state index contributed by atoms with van der Waals surface area (Å²) in [6, 6.07) is 2.32. The zero-order chi connectivity index (χ0) is 13.7. The number of hydrogen-bond donors (Lipinski definition) is 2. The van der Waals surface area contributed by atoms with Crippen molar-refractivity contribution in [3.05, 3.63) is 24.0 Å². The van der Waals surface area contributed by atoms with Crippen LogP contribution in [0.3, 0.4) is 0 Å². The van der Waals surface area contributed by atoms with E-state index >= 15 is 0 Å². The van der Waals surface area contributed by atoms with Gasteiger partial charge >= 0.3 is 0 Å². The number of pyridine rings is 1. The number of anilines is 1. The van der Waals surface area contributed by atoms with Crippen molar-refractivity contribution in [2.75, 3.05) is 25.9 Å². The first-order valence-electron chi connectivity index (χ1n) is 6.86. The Morgan fingerprint density at radius 3 is 2.95 bits per heavy atom. The second kappa shape index (κ2) is 6.52. The highest BCUT2D eigenvalue weighted by molar-refractivity contribution is 5.98. The Morgan fingerprint density at radius 2 is 2.26 bits per heavy atom. The fraction of sp³-hybridized carbons (Fsp3) is 0.571. The van der Waals surface area contributed by atoms with Gasteiger partial charge < -0.3 is 16.0 Å². The minimum Gasteiger partial charge on any atom is -0.398 e. The number of nitrogens with one attached hydrogen (secondary N) is 1. The van der Waals surface area contributed by atoms with Crippen LogP contribution in [0.1, 0.15) is 36.0 Å². The van der Waals surface area contributed by atoms with Crippen LogP contribution in [0.5, 0.6) is 0 Å². The predicted molar refractivity (Wildman–Crippen MR) is 75.9 cm³/mol. The number of aromatic nitrogens is 1. The number of carbonyl (C=O) groups is 1. The van der Waals surface area contributed by atoms with Crippen LogP contribution >= 0.6 is 0 Å². The van der Waals surface area contributed by atoms with E-state index in [1.165, 1.54) is 31.9 Å². The van der Waals surface area contributed by atoms with Gasteiger partial charge in [0, 0.05) is 37.2 Å². The molecule has 0 saturated heterocycles. The number of nitrogens with two attached hydrogens (primary N) is 1. The van der Waals surface area contributed by atoms with E-state index in [4.69, 9.17) is 5.73 Å². The summed E-state index contributed by atoms with van der Waals surface area (Å²) in [5, 5.41) is 2.89. The van der Waals surface area contributed by atoms with E-state index in [9.17, 15) is 4.79 Å². The third-order valence-electron chi connectivity index (χ3n) is 3.80. The van der Waals surface area contributed by atoms with Gasteiger partial charge in [-0.25, -0.2) is 0 Å². The van der Waals surface area contributed by atoms with Crippen LogP contribution in [0.4, 0.5) is 5.69 Å². The van der Waals surface area contributed by atoms with Gasteiger partial charge in [0.15, 0.2) is 0 Å². The Balaban J connectivity index is 1.76. The first-order valence-corrected chi connectivity index (χ1v) is 6.86. The van der Waals surface area contributed by atoms with Crippen LogP contribution in [0.15, 0.2) is 18.5 Å². The quantitative estimate of drug-likeness (QED) is 0.838. The Kier molecular flexibility index (Phi) is 4.74. The maximum Gasteiger partial charge on any atom is 0.254 e. The molecule has 0 radical (unpaired) electrons. The Hall–Kier alpha value is -1.62. The SMILES string of the molecule is CN(CCNC(=O)c1cnccc1N)C1CCCC1. The van der Waals surface area contributed by atoms with Crippen molar-refractivity contribution < 1.29 is 4.79 Å². The molecule has 1 aromatic rings. The van der Waals surface area contributed by atoms with Crippen LogP contribution in [0.25, 0.3) is 0 Å². The molecule has 104 valence electrons. The lowest BCUT2D eigenvalue weighted by Gasteiger charge is -2.23. The van der Waals surface area contributed by atoms with Gasteiger partial charge in [0.25, 0.3) is 5.91 Å². The molecule has 1 aliphatic carbocycles. The highest BCUT2D eigenvalue weighted by Crippen LogP contribution is 2.21. The summed E-state index contributed by atoms with van der Waals surface area (Å²) in [6.07, 6.45) is 8.30. The monoisotopic (exact) mass is 262 g/mol. The van der Waals surface area contributed by atoms with Crippen molar-refractivity contribution in [3.8, 4) is 0 Å². The van der Waals surface area contributed by atoms with Crippen LogP contribution in [0.2, 0.25) is 0 Å². The molecule has 2 rings (SSSR count). The first kappa shape index (κ1) is 13.8. The predicted octanol–water partition coefficient (Wildman–Crippen LogP) is 1.27. The summed E-state index contributed by atoms with van der Waals surface area (Å²) in [5.41, 5.74) is 6.66. The van der Waals surface area contributed by atoms with Crippen molar-refractivity contribution in [1.82, 2.24) is 15.2 Å². The molecule has 1 amide bonds. The van der Waals surface area contributed by atoms with Gasteiger partial charge in [0.1, 0.15) is 0 Å². The van der Waals surface area contributed by atoms with E-state index in [-0.39, 0.29) is 5.91 Å². The average molecular weight is 262 g/mol. The Bertz CT molecular complexity index is 429. The molecule has 19 heavy (non-hydrogen) atoms. The molecular weight excluding hydrogens is 240 g/mol. The topological polar surface area (TPSA) is 71.2 Å². The fourth-order valence-corrected chi connectivity index (χ4v) is 2.56. The molecule has 1 saturated carbocycles. The Labute approximate surface area is 114 Å². The first-order chi connectivity index (χ1) is 9.18. The van der Waals surface area contributed by atoms with Gasteiger partial charge in [0.05, 0.1) is 5.56 Å². The van der Waals surface area contributed by atoms with E-state index in [2.05, 4.69) is 22.2 Å². The van der Waals surface area contributed by atoms with Gasteiger partial charge in [-0.3, -0.25) is 9.78 Å². The van der Waals surface area contributed by atoms with Gasteiger partial charge in [-0.1, -0.05) is 12.8 Å². The third kappa shape index (κ3) is 3.67. The van der Waals surface area contributed by atoms with E-state index in [0.717, 1.165) is 6.54 Å². The molecule has 1 fully saturated rings. The number of nitrogens with zero attached hydrogens (tertiary/aromatic N) is 2. The van der Waals surface area contributed by atoms with E-state index < -0.39 is 0 Å². The molecule has 0 spiro atoms. The number of carbonyl (C=O) groups excluding carboxylic acids is 1. The molecule has 0 unspecified atom stereocenters. The number of rotatable bonds is 5. The molecule has 5 nitrogen and oxygen atoms in total. The highest BCUT2D eigenvalue weighted by atomic mass is 16.1. The van der Waals surface area contributed by atoms with Crippen LogP contribution in [-0.2, 0) is 0 Å². The van der Waals surface area contributed by atoms with Crippen molar-refractivity contribution in [2.24, 2.45) is 0 Å². The van der Waals surface area contributed by atoms with Crippen molar-refractivity contribution >= 4 is 11.6 Å². The lowest BCUT2D eigenvalue weighted by molar-refractivity contribution is 0.0947. The molecule has 5 heteroatoms. The zero-order valence-corrected chi connectivity index (χ0v) is 11.4. The van der Waals surface area contributed by atoms with E-state index in [1.807, 2.05) is 0 Å². The molecule has 0 atom stereocenters. The number of likely N-dealkylation sites (N-methyl/N-ethyl adjacent to an activating group) is 1. The summed E-state index contributed by atoms with van der Waals surface area (Å²) in [7, 11) is 2.13. The second-order valence-electron chi connectivity index (χ2n) is 5.14. The summed E-state index contributed by atoms with van der Waals surface area (Å²) in [5.74, 6) is -0.148. The second-order valence-corrected chi connectivity index (χ2v) is 5.14. The fourth-order valence-electron chi connectivity index (χ4n) is 2.56. The Morgan fingerprint density at radius 1 is 1.53 bits per heavy atom. The van der Waals surface area contributed by atoms with E-state index in [1.54, 1.807) is 12.3 Å². The number of nitrogen functional groups attached to an aromatic ring is 1. The summed E-state index contributed by atoms with van der Waals surface area (Å²) >= 11 is 0. The largest absolute Gasteiger partial charge is 0.398 e. The van der Waals surface area contributed by atoms with Gasteiger partial charge in [0.2, 0.25) is 0 Å². The van der Waals surface area contributed by atoms with Crippen LogP contribution in [-0.4, -0.2) is 42.0 Å². The standard InChI is InChI=1S/C14H22N4O/c1-18(11-4-2-3-5-11)9-8-17-14(19)12-10-16-7-6-13(12)15/h6-7,10-11H,2-5,8-9H2,1H3,(H2,15,16)(H,17,19). The molecule has 1 aromatic heterocycles. The maximum atomic E-state index is 11.9. The summed E-state index contributed by atoms with van der Waals surface area (Å²) < 4.78 is 0. The highest BCUT2D eigenvalue weighted by Gasteiger charge is 2.19. The molecular formula is C14H22N4O. The molecule has 3 N–H and O–H groups in total. The van der Waals surface area contributed by atoms with E-state index in [0.29, 0.717) is 23.8 Å². The van der Waals surface area contributed by atoms with Crippen LogP contribution < -0.4 is 11.1 Å². The lowest BCUT2D eigenvalue weighted by atomic mass is 10.2. The van der Waals surface area contributed by atoms with Crippen LogP contribution in [0, 0.1) is 0 Å². The lowest BCUT2D eigenvalue weighted by Crippen LogP contribution is -2.37. The normalized spacial score (nSPS) is 15.9. The zero-order valence-electron chi connectivity index (χ0n) is 11.4. The minimum atomic E-state index is -0.148. The smallest absolute Gasteiger partial charge is 0.254 e. The van der Waals surface area contributed by atoms with Crippen molar-refractivity contribution in [1.29, 1.82) is 0 Å². The van der Waals surface area contributed by atoms with Crippen molar-refractivity contribution in [3.63, 3.8) is 0 Å². The maximum absolute atomic E-state index is 11.9. The summed E-state index contributed by atoms with van der Waals surface area (Å²) in [6.45, 7) is 1.51. The third-order valence-corrected chi connectivity index (χ3v) is 3.80. The van der Waals surface area contributed by atoms with Gasteiger partial charge in [-0.05, 0) is 26.0 Å². The molecule has 0 bridgehead atoms. The average Bonchev–Trinajstić information content (AvgIpc) is 2.93. The molecule has 0 aliphatic heterocycles. The van der Waals surface area contributed by atoms with Crippen molar-refractivity contribution in [2.45, 2.75) is 31.7 Å². The number of amides is 1. The number of hydrogen-bond acceptors (Lipinski definition) is 4. The van der Waals surface area contributed by atoms with Gasteiger partial charge in [-0.2, -0.15) is 0 Å².